The van der Waals surface area contributed by atoms with E-state index < -0.39 is 13.2 Å². The van der Waals surface area contributed by atoms with Crippen molar-refractivity contribution in [3.63, 3.8) is 0 Å². The number of hydrogen-bond acceptors (Lipinski definition) is 2. The Labute approximate surface area is 52.1 Å². The van der Waals surface area contributed by atoms with Crippen LogP contribution in [-0.4, -0.2) is 23.0 Å². The molecular weight excluding hydrogens is 150 g/mol. The smallest absolute Gasteiger partial charge is 0.245 e. The Hall–Kier alpha value is 0.440. The molecule has 2 unspecified atom stereocenters. The van der Waals surface area contributed by atoms with Gasteiger partial charge >= 0.3 is 0 Å². The van der Waals surface area contributed by atoms with E-state index in [1.54, 1.807) is 0 Å². The van der Waals surface area contributed by atoms with Crippen molar-refractivity contribution in [2.24, 2.45) is 0 Å². The van der Waals surface area contributed by atoms with Gasteiger partial charge in [0.15, 0.2) is 5.85 Å². The van der Waals surface area contributed by atoms with Gasteiger partial charge in [0, 0.05) is 0 Å². The summed E-state index contributed by atoms with van der Waals surface area (Å²) < 4.78 is 15.2. The Bertz CT molecular complexity index is 132. The molecule has 0 aromatic heterocycles. The van der Waals surface area contributed by atoms with Gasteiger partial charge < -0.3 is 9.63 Å². The standard InChI is InChI=1S/C3H6ClO3P/c4-2-8(5,6)3-1-7-3/h3H,1-2H2,(H,5,6). The van der Waals surface area contributed by atoms with Gasteiger partial charge in [-0.15, -0.1) is 11.6 Å². The van der Waals surface area contributed by atoms with Crippen LogP contribution in [0.5, 0.6) is 0 Å². The van der Waals surface area contributed by atoms with Crippen molar-refractivity contribution in [1.29, 1.82) is 0 Å². The maximum atomic E-state index is 10.6. The highest BCUT2D eigenvalue weighted by Crippen LogP contribution is 2.53. The zero-order valence-corrected chi connectivity index (χ0v) is 5.73. The summed E-state index contributed by atoms with van der Waals surface area (Å²) in [7, 11) is -3.09. The maximum Gasteiger partial charge on any atom is 0.245 e. The van der Waals surface area contributed by atoms with Gasteiger partial charge in [-0.25, -0.2) is 0 Å². The molecule has 3 nitrogen and oxygen atoms in total. The lowest BCUT2D eigenvalue weighted by atomic mass is 11.0. The van der Waals surface area contributed by atoms with E-state index in [2.05, 4.69) is 4.74 Å². The number of epoxide rings is 1. The lowest BCUT2D eigenvalue weighted by Crippen LogP contribution is -1.88. The van der Waals surface area contributed by atoms with Crippen LogP contribution in [0.25, 0.3) is 0 Å². The summed E-state index contributed by atoms with van der Waals surface area (Å²) in [5, 5.41) is 0. The Morgan fingerprint density at radius 1 is 2.00 bits per heavy atom. The van der Waals surface area contributed by atoms with Crippen LogP contribution in [0.15, 0.2) is 0 Å². The Kier molecular flexibility index (Phi) is 1.63. The molecule has 1 heterocycles. The van der Waals surface area contributed by atoms with E-state index in [-0.39, 0.29) is 5.62 Å². The largest absolute Gasteiger partial charge is 0.362 e. The number of ether oxygens (including phenoxy) is 1. The molecule has 0 spiro atoms. The quantitative estimate of drug-likeness (QED) is 0.366. The van der Waals surface area contributed by atoms with Gasteiger partial charge in [0.25, 0.3) is 0 Å². The van der Waals surface area contributed by atoms with Crippen molar-refractivity contribution in [3.05, 3.63) is 0 Å². The molecule has 0 aliphatic carbocycles. The summed E-state index contributed by atoms with van der Waals surface area (Å²) in [5.74, 6) is -0.458. The molecule has 0 aromatic rings. The lowest BCUT2D eigenvalue weighted by Gasteiger charge is -1.99. The van der Waals surface area contributed by atoms with Gasteiger partial charge in [-0.3, -0.25) is 4.57 Å². The van der Waals surface area contributed by atoms with Crippen molar-refractivity contribution in [2.45, 2.75) is 5.85 Å². The van der Waals surface area contributed by atoms with E-state index in [1.807, 2.05) is 0 Å². The first-order chi connectivity index (χ1) is 3.67. The molecule has 0 aromatic carbocycles. The average molecular weight is 157 g/mol. The molecule has 1 saturated heterocycles. The van der Waals surface area contributed by atoms with Crippen molar-refractivity contribution in [3.8, 4) is 0 Å². The molecule has 0 radical (unpaired) electrons. The number of rotatable bonds is 2. The first-order valence-corrected chi connectivity index (χ1v) is 4.61. The van der Waals surface area contributed by atoms with Crippen LogP contribution >= 0.6 is 19.0 Å². The topological polar surface area (TPSA) is 49.8 Å². The van der Waals surface area contributed by atoms with Crippen LogP contribution in [0.1, 0.15) is 0 Å². The SMILES string of the molecule is O=P(O)(CCl)C1CO1. The van der Waals surface area contributed by atoms with Gasteiger partial charge in [-0.1, -0.05) is 0 Å². The fourth-order valence-corrected chi connectivity index (χ4v) is 1.52. The van der Waals surface area contributed by atoms with Gasteiger partial charge in [-0.2, -0.15) is 0 Å². The average Bonchev–Trinajstić information content (AvgIpc) is 2.44. The van der Waals surface area contributed by atoms with Gasteiger partial charge in [0.2, 0.25) is 7.37 Å². The van der Waals surface area contributed by atoms with Gasteiger partial charge in [0.05, 0.1) is 6.61 Å². The molecule has 8 heavy (non-hydrogen) atoms. The van der Waals surface area contributed by atoms with Crippen LogP contribution < -0.4 is 0 Å². The van der Waals surface area contributed by atoms with Gasteiger partial charge in [0.1, 0.15) is 5.62 Å². The van der Waals surface area contributed by atoms with E-state index in [0.717, 1.165) is 0 Å². The minimum Gasteiger partial charge on any atom is -0.362 e. The zero-order chi connectivity index (χ0) is 6.20. The predicted molar refractivity (Wildman–Crippen MR) is 30.3 cm³/mol. The molecule has 0 amide bonds. The highest BCUT2D eigenvalue weighted by atomic mass is 35.5. The summed E-state index contributed by atoms with van der Waals surface area (Å²) in [6.45, 7) is 0.389. The molecule has 48 valence electrons. The second-order valence-electron chi connectivity index (χ2n) is 1.66. The van der Waals surface area contributed by atoms with Crippen molar-refractivity contribution in [2.75, 3.05) is 12.2 Å². The molecular formula is C3H6ClO3P. The van der Waals surface area contributed by atoms with Gasteiger partial charge in [-0.05, 0) is 0 Å². The number of alkyl halides is 1. The van der Waals surface area contributed by atoms with Crippen molar-refractivity contribution < 1.29 is 14.2 Å². The molecule has 1 aliphatic rings. The minimum atomic E-state index is -3.09. The Balaban J connectivity index is 2.50. The van der Waals surface area contributed by atoms with E-state index in [9.17, 15) is 4.57 Å². The third-order valence-electron chi connectivity index (χ3n) is 0.937. The van der Waals surface area contributed by atoms with Crippen LogP contribution in [0.2, 0.25) is 0 Å². The van der Waals surface area contributed by atoms with Crippen molar-refractivity contribution in [1.82, 2.24) is 0 Å². The normalized spacial score (nSPS) is 34.0. The fraction of sp³-hybridized carbons (Fsp3) is 1.00. The number of halogens is 1. The number of hydrogen-bond donors (Lipinski definition) is 1. The summed E-state index contributed by atoms with van der Waals surface area (Å²) in [6, 6.07) is 0. The monoisotopic (exact) mass is 156 g/mol. The molecule has 1 rings (SSSR count). The minimum absolute atomic E-state index is 0.197. The Morgan fingerprint density at radius 3 is 2.62 bits per heavy atom. The Morgan fingerprint density at radius 2 is 2.50 bits per heavy atom. The summed E-state index contributed by atoms with van der Waals surface area (Å²) in [5.41, 5.74) is -0.197. The molecule has 2 atom stereocenters. The van der Waals surface area contributed by atoms with Crippen LogP contribution in [0, 0.1) is 0 Å². The van der Waals surface area contributed by atoms with E-state index in [4.69, 9.17) is 16.5 Å². The van der Waals surface area contributed by atoms with E-state index in [0.29, 0.717) is 6.61 Å². The van der Waals surface area contributed by atoms with E-state index >= 15 is 0 Å². The highest BCUT2D eigenvalue weighted by Gasteiger charge is 2.40. The first-order valence-electron chi connectivity index (χ1n) is 2.16. The molecule has 0 saturated carbocycles. The first kappa shape index (κ1) is 6.56. The summed E-state index contributed by atoms with van der Waals surface area (Å²) in [4.78, 5) is 8.76. The predicted octanol–water partition coefficient (Wildman–Crippen LogP) is 0.809. The molecule has 1 N–H and O–H groups in total. The molecule has 5 heteroatoms. The molecule has 1 fully saturated rings. The molecule has 1 aliphatic heterocycles. The summed E-state index contributed by atoms with van der Waals surface area (Å²) >= 11 is 5.14. The zero-order valence-electron chi connectivity index (χ0n) is 4.08. The molecule has 0 bridgehead atoms. The van der Waals surface area contributed by atoms with Crippen molar-refractivity contribution >= 4 is 19.0 Å². The fourth-order valence-electron chi connectivity index (χ4n) is 0.353. The third kappa shape index (κ3) is 1.23. The van der Waals surface area contributed by atoms with E-state index in [1.165, 1.54) is 0 Å². The second-order valence-corrected chi connectivity index (χ2v) is 4.71. The highest BCUT2D eigenvalue weighted by molar-refractivity contribution is 7.60. The summed E-state index contributed by atoms with van der Waals surface area (Å²) in [6.07, 6.45) is 0. The maximum absolute atomic E-state index is 10.6. The van der Waals surface area contributed by atoms with Crippen LogP contribution in [0.4, 0.5) is 0 Å². The van der Waals surface area contributed by atoms with Crippen LogP contribution in [0.3, 0.4) is 0 Å². The van der Waals surface area contributed by atoms with Crippen LogP contribution in [-0.2, 0) is 9.30 Å². The second kappa shape index (κ2) is 1.99. The third-order valence-corrected chi connectivity index (χ3v) is 3.51. The lowest BCUT2D eigenvalue weighted by molar-refractivity contribution is 0.412.